The van der Waals surface area contributed by atoms with Gasteiger partial charge >= 0.3 is 41.6 Å². The van der Waals surface area contributed by atoms with Gasteiger partial charge in [0.2, 0.25) is 0 Å². The van der Waals surface area contributed by atoms with Gasteiger partial charge in [0.1, 0.15) is 13.2 Å². The Labute approximate surface area is 439 Å². The summed E-state index contributed by atoms with van der Waals surface area (Å²) in [5, 5.41) is 0. The third-order valence-corrected chi connectivity index (χ3v) is 13.6. The number of alkyl halides is 6. The van der Waals surface area contributed by atoms with E-state index in [1.54, 1.807) is 0 Å². The first-order valence-electron chi connectivity index (χ1n) is 24.2. The van der Waals surface area contributed by atoms with Crippen LogP contribution in [0.2, 0.25) is 0 Å². The van der Waals surface area contributed by atoms with Crippen molar-refractivity contribution in [3.05, 3.63) is 91.7 Å². The molecule has 0 atom stereocenters. The van der Waals surface area contributed by atoms with Crippen molar-refractivity contribution in [1.82, 2.24) is 0 Å². The molecule has 75 heavy (non-hydrogen) atoms. The van der Waals surface area contributed by atoms with Gasteiger partial charge in [-0.1, -0.05) is 26.7 Å². The molecule has 0 saturated heterocycles. The molecule has 0 aliphatic heterocycles. The third kappa shape index (κ3) is 15.5. The topological polar surface area (TPSA) is 161 Å². The zero-order valence-electron chi connectivity index (χ0n) is 42.6. The first-order chi connectivity index (χ1) is 35.8. The Morgan fingerprint density at radius 3 is 1.03 bits per heavy atom. The molecule has 5 rings (SSSR count). The zero-order valence-corrected chi connectivity index (χ0v) is 44.3. The Hall–Kier alpha value is -5.20. The van der Waals surface area contributed by atoms with Gasteiger partial charge in [0.15, 0.2) is 0 Å². The lowest BCUT2D eigenvalue weighted by Gasteiger charge is -2.25. The average Bonchev–Trinajstić information content (AvgIpc) is 4.02. The summed E-state index contributed by atoms with van der Waals surface area (Å²) in [4.78, 5) is 53.3. The summed E-state index contributed by atoms with van der Waals surface area (Å²) in [7, 11) is 3.06. The smallest absolute Gasteiger partial charge is 0.380 e. The number of hydrogen-bond donors (Lipinski definition) is 0. The molecular weight excluding hydrogens is 1040 g/mol. The summed E-state index contributed by atoms with van der Waals surface area (Å²) in [6.45, 7) is 8.35. The molecule has 1 aliphatic rings. The fourth-order valence-electron chi connectivity index (χ4n) is 7.46. The molecule has 1 aliphatic carbocycles. The molecule has 412 valence electrons. The first kappa shape index (κ1) is 60.7. The second-order valence-electron chi connectivity index (χ2n) is 16.9. The largest absolute Gasteiger partial charge is 0.462 e. The zero-order chi connectivity index (χ0) is 54.8. The van der Waals surface area contributed by atoms with Crippen molar-refractivity contribution in [3.63, 3.8) is 0 Å². The average molecular weight is 1100 g/mol. The normalized spacial score (nSPS) is 14.6. The summed E-state index contributed by atoms with van der Waals surface area (Å²) >= 11 is 1.56. The SMILES string of the molecule is CCCCOC(=O)c1cc(C(=O)OCCCC)cc(-c2cc(C3=C(c4cc(-c5cc(C(=O)OCCOCCOCCOC)cc(C(=O)OCCOCCOCCOC)c5)sc4C)C(F)(F)C(F)(F)C3(F)F)c(C)s2)c1. The van der Waals surface area contributed by atoms with E-state index in [1.165, 1.54) is 64.5 Å². The number of thiophene rings is 2. The number of carbonyl (C=O) groups excluding carboxylic acids is 4. The Morgan fingerprint density at radius 1 is 0.427 bits per heavy atom. The number of halogens is 6. The molecule has 0 radical (unpaired) electrons. The van der Waals surface area contributed by atoms with E-state index in [4.69, 9.17) is 47.4 Å². The van der Waals surface area contributed by atoms with Gasteiger partial charge in [-0.15, -0.1) is 22.7 Å². The highest BCUT2D eigenvalue weighted by Crippen LogP contribution is 2.66. The van der Waals surface area contributed by atoms with Gasteiger partial charge in [-0.25, -0.2) is 19.2 Å². The monoisotopic (exact) mass is 1100 g/mol. The molecule has 14 nitrogen and oxygen atoms in total. The molecule has 0 N–H and O–H groups in total. The van der Waals surface area contributed by atoms with Crippen molar-refractivity contribution in [3.8, 4) is 20.9 Å². The van der Waals surface area contributed by atoms with Crippen LogP contribution in [-0.2, 0) is 47.4 Å². The maximum absolute atomic E-state index is 16.4. The number of unbranched alkanes of at least 4 members (excludes halogenated alkanes) is 2. The second kappa shape index (κ2) is 28.8. The molecule has 0 fully saturated rings. The molecular formula is C53H62F6O14S2. The van der Waals surface area contributed by atoms with Gasteiger partial charge in [-0.05, 0) is 97.5 Å². The molecule has 2 aromatic heterocycles. The van der Waals surface area contributed by atoms with E-state index in [1.807, 2.05) is 13.8 Å². The van der Waals surface area contributed by atoms with E-state index in [2.05, 4.69) is 0 Å². The van der Waals surface area contributed by atoms with Crippen LogP contribution in [0.3, 0.4) is 0 Å². The van der Waals surface area contributed by atoms with Crippen molar-refractivity contribution in [2.45, 2.75) is 71.1 Å². The van der Waals surface area contributed by atoms with Crippen molar-refractivity contribution in [2.24, 2.45) is 0 Å². The summed E-state index contributed by atoms with van der Waals surface area (Å²) in [5.41, 5.74) is -4.95. The van der Waals surface area contributed by atoms with Crippen LogP contribution in [0.15, 0.2) is 48.5 Å². The Balaban J connectivity index is 1.54. The maximum Gasteiger partial charge on any atom is 0.380 e. The van der Waals surface area contributed by atoms with Gasteiger partial charge in [0, 0.05) is 44.9 Å². The summed E-state index contributed by atoms with van der Waals surface area (Å²) in [5.74, 6) is -20.3. The lowest BCUT2D eigenvalue weighted by molar-refractivity contribution is -0.254. The number of carbonyl (C=O) groups is 4. The number of esters is 4. The Morgan fingerprint density at radius 2 is 0.720 bits per heavy atom. The number of rotatable bonds is 32. The lowest BCUT2D eigenvalue weighted by atomic mass is 9.94. The molecule has 0 unspecified atom stereocenters. The van der Waals surface area contributed by atoms with Crippen molar-refractivity contribution in [1.29, 1.82) is 0 Å². The van der Waals surface area contributed by atoms with Crippen LogP contribution in [0.1, 0.15) is 102 Å². The predicted molar refractivity (Wildman–Crippen MR) is 269 cm³/mol. The standard InChI is InChI=1S/C53H62F6O14S2/c1-7-9-11-70-47(60)37-25-35(26-38(29-37)48(61)71-12-10-8-2)43-31-41(33(3)74-43)45-46(52(56,57)53(58,59)51(45,54)55)42-32-44(75-34(42)4)36-27-39(49(62)72-23-21-68-19-17-66-15-13-64-5)30-40(28-36)50(63)73-24-22-69-20-18-67-16-14-65-6/h25-32H,7-24H2,1-6H3. The molecule has 22 heteroatoms. The Kier molecular flexibility index (Phi) is 23.3. The van der Waals surface area contributed by atoms with E-state index in [-0.39, 0.29) is 119 Å². The number of hydrogen-bond acceptors (Lipinski definition) is 16. The summed E-state index contributed by atoms with van der Waals surface area (Å²) in [6.07, 6.45) is 2.51. The molecule has 2 heterocycles. The predicted octanol–water partition coefficient (Wildman–Crippen LogP) is 11.2. The fourth-order valence-corrected chi connectivity index (χ4v) is 9.48. The van der Waals surface area contributed by atoms with Gasteiger partial charge in [-0.3, -0.25) is 0 Å². The van der Waals surface area contributed by atoms with Crippen LogP contribution < -0.4 is 0 Å². The fraction of sp³-hybridized carbons (Fsp3) is 0.509. The van der Waals surface area contributed by atoms with Crippen molar-refractivity contribution >= 4 is 57.7 Å². The van der Waals surface area contributed by atoms with Crippen LogP contribution in [0, 0.1) is 13.8 Å². The van der Waals surface area contributed by atoms with Crippen LogP contribution in [0.25, 0.3) is 32.0 Å². The summed E-state index contributed by atoms with van der Waals surface area (Å²) in [6, 6.07) is 9.70. The van der Waals surface area contributed by atoms with Crippen molar-refractivity contribution < 1.29 is 92.9 Å². The van der Waals surface area contributed by atoms with E-state index < -0.39 is 63.9 Å². The highest BCUT2D eigenvalue weighted by atomic mass is 32.1. The minimum Gasteiger partial charge on any atom is -0.462 e. The highest BCUT2D eigenvalue weighted by Gasteiger charge is 2.80. The van der Waals surface area contributed by atoms with E-state index >= 15 is 26.3 Å². The number of methoxy groups -OCH3 is 2. The van der Waals surface area contributed by atoms with Gasteiger partial charge in [0.25, 0.3) is 0 Å². The van der Waals surface area contributed by atoms with E-state index in [9.17, 15) is 19.2 Å². The number of allylic oxidation sites excluding steroid dienone is 2. The number of aryl methyl sites for hydroxylation is 2. The second-order valence-corrected chi connectivity index (χ2v) is 19.4. The van der Waals surface area contributed by atoms with E-state index in [0.29, 0.717) is 52.1 Å². The lowest BCUT2D eigenvalue weighted by Crippen LogP contribution is -2.48. The van der Waals surface area contributed by atoms with Crippen LogP contribution in [0.5, 0.6) is 0 Å². The minimum atomic E-state index is -5.92. The third-order valence-electron chi connectivity index (χ3n) is 11.4. The molecule has 0 spiro atoms. The van der Waals surface area contributed by atoms with Gasteiger partial charge in [-0.2, -0.15) is 26.3 Å². The summed E-state index contributed by atoms with van der Waals surface area (Å²) < 4.78 is 150. The van der Waals surface area contributed by atoms with E-state index in [0.717, 1.165) is 34.8 Å². The number of benzene rings is 2. The van der Waals surface area contributed by atoms with Crippen LogP contribution in [-0.4, -0.2) is 148 Å². The molecule has 0 bridgehead atoms. The quantitative estimate of drug-likeness (QED) is 0.0197. The maximum atomic E-state index is 16.4. The molecule has 4 aromatic rings. The molecule has 0 amide bonds. The molecule has 2 aromatic carbocycles. The minimum absolute atomic E-state index is 0.0279. The van der Waals surface area contributed by atoms with Crippen LogP contribution in [0.4, 0.5) is 26.3 Å². The first-order valence-corrected chi connectivity index (χ1v) is 25.9. The Bertz CT molecular complexity index is 2500. The van der Waals surface area contributed by atoms with Gasteiger partial charge < -0.3 is 47.4 Å². The highest BCUT2D eigenvalue weighted by molar-refractivity contribution is 7.16. The number of ether oxygens (including phenoxy) is 10. The van der Waals surface area contributed by atoms with Crippen molar-refractivity contribution in [2.75, 3.05) is 107 Å². The molecule has 0 saturated carbocycles. The van der Waals surface area contributed by atoms with Gasteiger partial charge in [0.05, 0.1) is 102 Å². The van der Waals surface area contributed by atoms with Crippen LogP contribution >= 0.6 is 22.7 Å².